The van der Waals surface area contributed by atoms with E-state index in [9.17, 15) is 9.18 Å². The van der Waals surface area contributed by atoms with Gasteiger partial charge in [0.05, 0.1) is 0 Å². The van der Waals surface area contributed by atoms with Crippen LogP contribution < -0.4 is 10.6 Å². The molecule has 1 fully saturated rings. The highest BCUT2D eigenvalue weighted by molar-refractivity contribution is 9.10. The molecule has 0 bridgehead atoms. The number of rotatable bonds is 4. The molecule has 128 valence electrons. The van der Waals surface area contributed by atoms with E-state index in [-0.39, 0.29) is 30.0 Å². The lowest BCUT2D eigenvalue weighted by Gasteiger charge is -2.38. The molecule has 0 heterocycles. The van der Waals surface area contributed by atoms with Crippen molar-refractivity contribution < 1.29 is 13.9 Å². The molecule has 0 saturated heterocycles. The lowest BCUT2D eigenvalue weighted by molar-refractivity contribution is 0.0463. The third kappa shape index (κ3) is 5.46. The van der Waals surface area contributed by atoms with Gasteiger partial charge >= 0.3 is 6.09 Å². The predicted octanol–water partition coefficient (Wildman–Crippen LogP) is 4.29. The fourth-order valence-corrected chi connectivity index (χ4v) is 3.01. The lowest BCUT2D eigenvalue weighted by atomic mass is 9.86. The van der Waals surface area contributed by atoms with Gasteiger partial charge < -0.3 is 15.4 Å². The molecule has 2 rings (SSSR count). The van der Waals surface area contributed by atoms with Crippen molar-refractivity contribution in [3.05, 3.63) is 34.1 Å². The molecule has 1 aromatic rings. The Hall–Kier alpha value is -1.14. The second-order valence-electron chi connectivity index (χ2n) is 7.07. The summed E-state index contributed by atoms with van der Waals surface area (Å²) in [6.07, 6.45) is 1.25. The normalized spacial score (nSPS) is 22.2. The van der Waals surface area contributed by atoms with Gasteiger partial charge in [0.1, 0.15) is 11.4 Å². The summed E-state index contributed by atoms with van der Waals surface area (Å²) in [5.41, 5.74) is 0.154. The molecular weight excluding hydrogens is 363 g/mol. The Balaban J connectivity index is 1.77. The van der Waals surface area contributed by atoms with Crippen LogP contribution in [0.2, 0.25) is 0 Å². The highest BCUT2D eigenvalue weighted by Gasteiger charge is 2.32. The molecule has 0 spiro atoms. The van der Waals surface area contributed by atoms with Gasteiger partial charge in [0.15, 0.2) is 0 Å². The highest BCUT2D eigenvalue weighted by atomic mass is 79.9. The zero-order valence-electron chi connectivity index (χ0n) is 14.0. The molecule has 1 amide bonds. The number of carbonyl (C=O) groups is 1. The van der Waals surface area contributed by atoms with Gasteiger partial charge in [-0.15, -0.1) is 0 Å². The molecule has 6 heteroatoms. The molecule has 1 atom stereocenters. The first kappa shape index (κ1) is 18.2. The molecule has 1 saturated carbocycles. The number of hydrogen-bond acceptors (Lipinski definition) is 3. The largest absolute Gasteiger partial charge is 0.444 e. The van der Waals surface area contributed by atoms with Gasteiger partial charge in [0.2, 0.25) is 0 Å². The van der Waals surface area contributed by atoms with Crippen LogP contribution in [0, 0.1) is 5.82 Å². The summed E-state index contributed by atoms with van der Waals surface area (Å²) in [6, 6.07) is 5.24. The van der Waals surface area contributed by atoms with E-state index in [1.807, 2.05) is 27.7 Å². The molecule has 0 aliphatic heterocycles. The zero-order chi connectivity index (χ0) is 17.2. The van der Waals surface area contributed by atoms with Crippen LogP contribution in [-0.4, -0.2) is 23.8 Å². The highest BCUT2D eigenvalue weighted by Crippen LogP contribution is 2.26. The monoisotopic (exact) mass is 386 g/mol. The van der Waals surface area contributed by atoms with Gasteiger partial charge in [-0.25, -0.2) is 9.18 Å². The summed E-state index contributed by atoms with van der Waals surface area (Å²) in [7, 11) is 0. The Morgan fingerprint density at radius 3 is 2.61 bits per heavy atom. The van der Waals surface area contributed by atoms with Crippen LogP contribution in [0.15, 0.2) is 22.7 Å². The number of halogens is 2. The van der Waals surface area contributed by atoms with Crippen LogP contribution in [0.3, 0.4) is 0 Å². The minimum absolute atomic E-state index is 0.0834. The van der Waals surface area contributed by atoms with Gasteiger partial charge in [0, 0.05) is 28.2 Å². The maximum absolute atomic E-state index is 13.9. The Morgan fingerprint density at radius 2 is 2.00 bits per heavy atom. The molecular formula is C17H24BrFN2O2. The van der Waals surface area contributed by atoms with E-state index in [4.69, 9.17) is 4.74 Å². The maximum atomic E-state index is 13.9. The minimum atomic E-state index is -0.488. The number of ether oxygens (including phenoxy) is 1. The van der Waals surface area contributed by atoms with E-state index in [1.54, 1.807) is 12.1 Å². The molecule has 1 aromatic carbocycles. The van der Waals surface area contributed by atoms with Crippen LogP contribution in [0.25, 0.3) is 0 Å². The first-order valence-electron chi connectivity index (χ1n) is 7.84. The second kappa shape index (κ2) is 7.18. The summed E-state index contributed by atoms with van der Waals surface area (Å²) in [5, 5.41) is 6.25. The van der Waals surface area contributed by atoms with Crippen molar-refractivity contribution in [3.63, 3.8) is 0 Å². The van der Waals surface area contributed by atoms with Crippen LogP contribution in [0.4, 0.5) is 9.18 Å². The van der Waals surface area contributed by atoms with E-state index in [0.29, 0.717) is 5.56 Å². The minimum Gasteiger partial charge on any atom is -0.444 e. The molecule has 0 aromatic heterocycles. The van der Waals surface area contributed by atoms with E-state index in [0.717, 1.165) is 17.3 Å². The number of amides is 1. The number of carbonyl (C=O) groups excluding carboxylic acids is 1. The van der Waals surface area contributed by atoms with Crippen molar-refractivity contribution in [1.29, 1.82) is 0 Å². The lowest BCUT2D eigenvalue weighted by Crippen LogP contribution is -2.53. The summed E-state index contributed by atoms with van der Waals surface area (Å²) < 4.78 is 20.0. The molecule has 4 nitrogen and oxygen atoms in total. The van der Waals surface area contributed by atoms with Crippen LogP contribution in [0.5, 0.6) is 0 Å². The first-order valence-corrected chi connectivity index (χ1v) is 8.64. The summed E-state index contributed by atoms with van der Waals surface area (Å²) in [5.74, 6) is -0.212. The van der Waals surface area contributed by atoms with Gasteiger partial charge in [-0.3, -0.25) is 0 Å². The number of benzene rings is 1. The molecule has 2 N–H and O–H groups in total. The Kier molecular flexibility index (Phi) is 5.68. The van der Waals surface area contributed by atoms with Crippen molar-refractivity contribution in [2.75, 3.05) is 0 Å². The first-order chi connectivity index (χ1) is 10.6. The standard InChI is InChI=1S/C17H24BrFN2O2/c1-10(14-7-11(18)5-6-15(14)19)20-12-8-13(9-12)21-16(22)23-17(2,3)4/h5-7,10,12-13,20H,8-9H2,1-4H3,(H,21,22). The SMILES string of the molecule is CC(NC1CC(NC(=O)OC(C)(C)C)C1)c1cc(Br)ccc1F. The van der Waals surface area contributed by atoms with Crippen molar-refractivity contribution in [3.8, 4) is 0 Å². The van der Waals surface area contributed by atoms with Crippen molar-refractivity contribution in [1.82, 2.24) is 10.6 Å². The number of alkyl carbamates (subject to hydrolysis) is 1. The fraction of sp³-hybridized carbons (Fsp3) is 0.588. The third-order valence-electron chi connectivity index (χ3n) is 3.77. The summed E-state index contributed by atoms with van der Waals surface area (Å²) >= 11 is 3.37. The van der Waals surface area contributed by atoms with Gasteiger partial charge in [-0.2, -0.15) is 0 Å². The van der Waals surface area contributed by atoms with Crippen LogP contribution >= 0.6 is 15.9 Å². The molecule has 1 aliphatic rings. The van der Waals surface area contributed by atoms with E-state index < -0.39 is 5.60 Å². The second-order valence-corrected chi connectivity index (χ2v) is 7.98. The van der Waals surface area contributed by atoms with Crippen molar-refractivity contribution >= 4 is 22.0 Å². The Labute approximate surface area is 145 Å². The van der Waals surface area contributed by atoms with Gasteiger partial charge in [-0.05, 0) is 58.7 Å². The number of nitrogens with one attached hydrogen (secondary N) is 2. The van der Waals surface area contributed by atoms with E-state index in [1.165, 1.54) is 6.07 Å². The average Bonchev–Trinajstić information content (AvgIpc) is 2.36. The smallest absolute Gasteiger partial charge is 0.407 e. The molecule has 1 aliphatic carbocycles. The topological polar surface area (TPSA) is 50.4 Å². The maximum Gasteiger partial charge on any atom is 0.407 e. The predicted molar refractivity (Wildman–Crippen MR) is 91.8 cm³/mol. The quantitative estimate of drug-likeness (QED) is 0.810. The van der Waals surface area contributed by atoms with Gasteiger partial charge in [-0.1, -0.05) is 15.9 Å². The Morgan fingerprint density at radius 1 is 1.35 bits per heavy atom. The van der Waals surface area contributed by atoms with E-state index >= 15 is 0 Å². The molecule has 0 radical (unpaired) electrons. The van der Waals surface area contributed by atoms with E-state index in [2.05, 4.69) is 26.6 Å². The van der Waals surface area contributed by atoms with Crippen LogP contribution in [-0.2, 0) is 4.74 Å². The molecule has 1 unspecified atom stereocenters. The average molecular weight is 387 g/mol. The van der Waals surface area contributed by atoms with Crippen molar-refractivity contribution in [2.24, 2.45) is 0 Å². The zero-order valence-corrected chi connectivity index (χ0v) is 15.5. The molecule has 23 heavy (non-hydrogen) atoms. The van der Waals surface area contributed by atoms with Gasteiger partial charge in [0.25, 0.3) is 0 Å². The number of hydrogen-bond donors (Lipinski definition) is 2. The third-order valence-corrected chi connectivity index (χ3v) is 4.26. The Bertz CT molecular complexity index is 568. The van der Waals surface area contributed by atoms with Crippen molar-refractivity contribution in [2.45, 2.75) is 64.3 Å². The van der Waals surface area contributed by atoms with Crippen LogP contribution in [0.1, 0.15) is 52.1 Å². The fourth-order valence-electron chi connectivity index (χ4n) is 2.64. The summed E-state index contributed by atoms with van der Waals surface area (Å²) in [4.78, 5) is 11.7. The summed E-state index contributed by atoms with van der Waals surface area (Å²) in [6.45, 7) is 7.46.